The van der Waals surface area contributed by atoms with E-state index in [1.807, 2.05) is 26.0 Å². The second kappa shape index (κ2) is 3.63. The molecule has 1 saturated carbocycles. The van der Waals surface area contributed by atoms with Crippen LogP contribution in [0.25, 0.3) is 0 Å². The number of rotatable bonds is 3. The average molecular weight is 201 g/mol. The maximum absolute atomic E-state index is 10.3. The molecule has 0 saturated heterocycles. The molecule has 2 nitrogen and oxygen atoms in total. The van der Waals surface area contributed by atoms with E-state index in [1.54, 1.807) is 6.08 Å². The van der Waals surface area contributed by atoms with Crippen molar-refractivity contribution in [2.75, 3.05) is 0 Å². The number of nitrogens with zero attached hydrogens (tertiary/aromatic N) is 1. The lowest BCUT2D eigenvalue weighted by Crippen LogP contribution is -2.13. The topological polar surface area (TPSA) is 29.4 Å². The van der Waals surface area contributed by atoms with Gasteiger partial charge in [-0.2, -0.15) is 4.99 Å². The van der Waals surface area contributed by atoms with Crippen molar-refractivity contribution in [3.8, 4) is 0 Å². The summed E-state index contributed by atoms with van der Waals surface area (Å²) in [6, 6.07) is 8.39. The molecule has 15 heavy (non-hydrogen) atoms. The molecule has 0 spiro atoms. The van der Waals surface area contributed by atoms with Crippen molar-refractivity contribution < 1.29 is 4.79 Å². The van der Waals surface area contributed by atoms with Crippen LogP contribution in [0, 0.1) is 0 Å². The van der Waals surface area contributed by atoms with E-state index in [2.05, 4.69) is 17.1 Å². The van der Waals surface area contributed by atoms with Gasteiger partial charge in [0.05, 0.1) is 5.54 Å². The third kappa shape index (κ3) is 2.16. The van der Waals surface area contributed by atoms with Crippen LogP contribution >= 0.6 is 0 Å². The first-order valence-electron chi connectivity index (χ1n) is 5.33. The minimum absolute atomic E-state index is 0.452. The predicted octanol–water partition coefficient (Wildman–Crippen LogP) is 3.13. The van der Waals surface area contributed by atoms with E-state index in [-0.39, 0.29) is 0 Å². The summed E-state index contributed by atoms with van der Waals surface area (Å²) in [5.74, 6) is 0.737. The van der Waals surface area contributed by atoms with Gasteiger partial charge in [-0.05, 0) is 43.7 Å². The Hall–Kier alpha value is -1.40. The van der Waals surface area contributed by atoms with E-state index in [0.717, 1.165) is 11.5 Å². The Balaban J connectivity index is 2.34. The standard InChI is InChI=1S/C13H15NO/c1-13(2,14-9-15)12-5-3-4-11(8-12)10-6-7-10/h3-5,8,10H,6-7H2,1-2H3. The van der Waals surface area contributed by atoms with Gasteiger partial charge in [0, 0.05) is 0 Å². The number of benzene rings is 1. The minimum atomic E-state index is -0.452. The Bertz CT molecular complexity index is 412. The van der Waals surface area contributed by atoms with Crippen molar-refractivity contribution in [2.24, 2.45) is 4.99 Å². The molecule has 0 aromatic heterocycles. The summed E-state index contributed by atoms with van der Waals surface area (Å²) in [4.78, 5) is 14.2. The monoisotopic (exact) mass is 201 g/mol. The van der Waals surface area contributed by atoms with Crippen LogP contribution in [0.3, 0.4) is 0 Å². The Morgan fingerprint density at radius 3 is 2.73 bits per heavy atom. The third-order valence-electron chi connectivity index (χ3n) is 2.97. The average Bonchev–Trinajstić information content (AvgIpc) is 3.01. The number of aliphatic imine (C=N–C) groups is 1. The first-order chi connectivity index (χ1) is 7.13. The zero-order valence-electron chi connectivity index (χ0n) is 9.16. The van der Waals surface area contributed by atoms with Crippen LogP contribution in [0.15, 0.2) is 29.3 Å². The SMILES string of the molecule is CC(C)(N=C=O)c1cccc(C2CC2)c1. The van der Waals surface area contributed by atoms with E-state index in [1.165, 1.54) is 18.4 Å². The second-order valence-electron chi connectivity index (χ2n) is 4.66. The molecule has 1 aromatic rings. The van der Waals surface area contributed by atoms with Crippen LogP contribution in [0.1, 0.15) is 43.7 Å². The van der Waals surface area contributed by atoms with Crippen LogP contribution < -0.4 is 0 Å². The fourth-order valence-electron chi connectivity index (χ4n) is 1.77. The van der Waals surface area contributed by atoms with Gasteiger partial charge in [0.25, 0.3) is 0 Å². The molecule has 2 heteroatoms. The highest BCUT2D eigenvalue weighted by molar-refractivity contribution is 5.39. The van der Waals surface area contributed by atoms with E-state index >= 15 is 0 Å². The fourth-order valence-corrected chi connectivity index (χ4v) is 1.77. The highest BCUT2D eigenvalue weighted by Gasteiger charge is 2.26. The molecule has 1 aliphatic carbocycles. The van der Waals surface area contributed by atoms with Gasteiger partial charge >= 0.3 is 0 Å². The summed E-state index contributed by atoms with van der Waals surface area (Å²) >= 11 is 0. The Morgan fingerprint density at radius 2 is 2.13 bits per heavy atom. The molecule has 0 radical (unpaired) electrons. The van der Waals surface area contributed by atoms with Crippen LogP contribution in [-0.2, 0) is 10.3 Å². The normalized spacial score (nSPS) is 15.9. The lowest BCUT2D eigenvalue weighted by atomic mass is 9.93. The van der Waals surface area contributed by atoms with Crippen molar-refractivity contribution in [3.63, 3.8) is 0 Å². The maximum atomic E-state index is 10.3. The Kier molecular flexibility index (Phi) is 2.45. The van der Waals surface area contributed by atoms with Gasteiger partial charge in [0.15, 0.2) is 0 Å². The molecule has 0 amide bonds. The van der Waals surface area contributed by atoms with Crippen molar-refractivity contribution in [3.05, 3.63) is 35.4 Å². The van der Waals surface area contributed by atoms with Crippen LogP contribution in [-0.4, -0.2) is 6.08 Å². The van der Waals surface area contributed by atoms with E-state index in [9.17, 15) is 4.79 Å². The first-order valence-corrected chi connectivity index (χ1v) is 5.33. The zero-order chi connectivity index (χ0) is 10.9. The van der Waals surface area contributed by atoms with Gasteiger partial charge in [-0.25, -0.2) is 4.79 Å². The summed E-state index contributed by atoms with van der Waals surface area (Å²) < 4.78 is 0. The lowest BCUT2D eigenvalue weighted by molar-refractivity contribution is 0.522. The van der Waals surface area contributed by atoms with Crippen molar-refractivity contribution in [1.29, 1.82) is 0 Å². The van der Waals surface area contributed by atoms with Crippen LogP contribution in [0.4, 0.5) is 0 Å². The molecule has 0 unspecified atom stereocenters. The van der Waals surface area contributed by atoms with Crippen molar-refractivity contribution in [1.82, 2.24) is 0 Å². The van der Waals surface area contributed by atoms with Crippen LogP contribution in [0.5, 0.6) is 0 Å². The fraction of sp³-hybridized carbons (Fsp3) is 0.462. The second-order valence-corrected chi connectivity index (χ2v) is 4.66. The van der Waals surface area contributed by atoms with Gasteiger partial charge in [-0.15, -0.1) is 0 Å². The van der Waals surface area contributed by atoms with Crippen molar-refractivity contribution in [2.45, 2.75) is 38.1 Å². The first kappa shape index (κ1) is 10.1. The smallest absolute Gasteiger partial charge is 0.211 e. The van der Waals surface area contributed by atoms with E-state index in [0.29, 0.717) is 0 Å². The zero-order valence-corrected chi connectivity index (χ0v) is 9.16. The molecule has 0 N–H and O–H groups in total. The van der Waals surface area contributed by atoms with Gasteiger partial charge in [0.1, 0.15) is 0 Å². The predicted molar refractivity (Wildman–Crippen MR) is 59.6 cm³/mol. The lowest BCUT2D eigenvalue weighted by Gasteiger charge is -2.18. The molecule has 0 atom stereocenters. The molecule has 1 aromatic carbocycles. The number of isocyanates is 1. The van der Waals surface area contributed by atoms with Gasteiger partial charge in [-0.3, -0.25) is 0 Å². The Morgan fingerprint density at radius 1 is 1.40 bits per heavy atom. The number of carbonyl (C=O) groups excluding carboxylic acids is 1. The number of hydrogen-bond acceptors (Lipinski definition) is 2. The highest BCUT2D eigenvalue weighted by Crippen LogP contribution is 2.41. The molecule has 1 aliphatic rings. The molecular formula is C13H15NO. The van der Waals surface area contributed by atoms with E-state index in [4.69, 9.17) is 0 Å². The third-order valence-corrected chi connectivity index (χ3v) is 2.97. The quantitative estimate of drug-likeness (QED) is 0.545. The summed E-state index contributed by atoms with van der Waals surface area (Å²) in [6.45, 7) is 3.87. The molecule has 1 fully saturated rings. The minimum Gasteiger partial charge on any atom is -0.211 e. The maximum Gasteiger partial charge on any atom is 0.235 e. The van der Waals surface area contributed by atoms with Gasteiger partial charge < -0.3 is 0 Å². The Labute approximate surface area is 90.0 Å². The molecule has 78 valence electrons. The van der Waals surface area contributed by atoms with E-state index < -0.39 is 5.54 Å². The van der Waals surface area contributed by atoms with Gasteiger partial charge in [-0.1, -0.05) is 24.3 Å². The van der Waals surface area contributed by atoms with Crippen LogP contribution in [0.2, 0.25) is 0 Å². The largest absolute Gasteiger partial charge is 0.235 e. The summed E-state index contributed by atoms with van der Waals surface area (Å²) in [7, 11) is 0. The molecular weight excluding hydrogens is 186 g/mol. The highest BCUT2D eigenvalue weighted by atomic mass is 16.1. The molecule has 0 bridgehead atoms. The number of hydrogen-bond donors (Lipinski definition) is 0. The molecule has 0 aliphatic heterocycles. The molecule has 0 heterocycles. The van der Waals surface area contributed by atoms with Crippen molar-refractivity contribution >= 4 is 6.08 Å². The van der Waals surface area contributed by atoms with Gasteiger partial charge in [0.2, 0.25) is 6.08 Å². The molecule has 2 rings (SSSR count). The summed E-state index contributed by atoms with van der Waals surface area (Å²) in [6.07, 6.45) is 4.23. The summed E-state index contributed by atoms with van der Waals surface area (Å²) in [5.41, 5.74) is 2.02. The summed E-state index contributed by atoms with van der Waals surface area (Å²) in [5, 5.41) is 0.